The zero-order valence-electron chi connectivity index (χ0n) is 6.53. The molecule has 0 saturated heterocycles. The average molecular weight is 207 g/mol. The number of hydrogen-bond donors (Lipinski definition) is 0. The summed E-state index contributed by atoms with van der Waals surface area (Å²) in [5, 5.41) is 1.09. The minimum atomic E-state index is 0.318. The fourth-order valence-electron chi connectivity index (χ4n) is 0.822. The van der Waals surface area contributed by atoms with E-state index in [2.05, 4.69) is 15.9 Å². The standard InChI is InChI=1S/C8H15BrO/c1-8(10)6-4-2-3-5-7-9/h2-7H2,1H3. The number of alkyl halides is 1. The summed E-state index contributed by atoms with van der Waals surface area (Å²) >= 11 is 3.36. The molecule has 1 nitrogen and oxygen atoms in total. The molecule has 0 aromatic carbocycles. The normalized spacial score (nSPS) is 9.80. The van der Waals surface area contributed by atoms with Gasteiger partial charge in [0.05, 0.1) is 0 Å². The largest absolute Gasteiger partial charge is 0.300 e. The molecule has 0 N–H and O–H groups in total. The van der Waals surface area contributed by atoms with Crippen LogP contribution in [0.5, 0.6) is 0 Å². The summed E-state index contributed by atoms with van der Waals surface area (Å²) in [6, 6.07) is 0. The first-order valence-electron chi connectivity index (χ1n) is 3.82. The summed E-state index contributed by atoms with van der Waals surface area (Å²) < 4.78 is 0. The van der Waals surface area contributed by atoms with E-state index in [1.54, 1.807) is 6.92 Å². The summed E-state index contributed by atoms with van der Waals surface area (Å²) in [7, 11) is 0. The van der Waals surface area contributed by atoms with E-state index in [4.69, 9.17) is 0 Å². The van der Waals surface area contributed by atoms with Crippen LogP contribution in [0.25, 0.3) is 0 Å². The van der Waals surface area contributed by atoms with Crippen molar-refractivity contribution < 1.29 is 4.79 Å². The molecule has 2 heteroatoms. The van der Waals surface area contributed by atoms with Crippen LogP contribution >= 0.6 is 15.9 Å². The lowest BCUT2D eigenvalue weighted by Crippen LogP contribution is -1.89. The van der Waals surface area contributed by atoms with Crippen LogP contribution in [-0.2, 0) is 4.79 Å². The Kier molecular flexibility index (Phi) is 7.37. The third kappa shape index (κ3) is 8.15. The van der Waals surface area contributed by atoms with Gasteiger partial charge in [-0.05, 0) is 19.8 Å². The Bertz CT molecular complexity index is 91.3. The fraction of sp³-hybridized carbons (Fsp3) is 0.875. The lowest BCUT2D eigenvalue weighted by atomic mass is 10.1. The van der Waals surface area contributed by atoms with Gasteiger partial charge in [0.1, 0.15) is 5.78 Å². The van der Waals surface area contributed by atoms with Gasteiger partial charge in [0.2, 0.25) is 0 Å². The zero-order valence-corrected chi connectivity index (χ0v) is 8.11. The molecule has 0 rings (SSSR count). The van der Waals surface area contributed by atoms with Crippen molar-refractivity contribution in [3.8, 4) is 0 Å². The number of carbonyl (C=O) groups excluding carboxylic acids is 1. The highest BCUT2D eigenvalue weighted by Gasteiger charge is 1.92. The average Bonchev–Trinajstić information content (AvgIpc) is 1.87. The number of carbonyl (C=O) groups is 1. The van der Waals surface area contributed by atoms with E-state index < -0.39 is 0 Å². The summed E-state index contributed by atoms with van der Waals surface area (Å²) in [6.45, 7) is 1.66. The Hall–Kier alpha value is 0.150. The second-order valence-electron chi connectivity index (χ2n) is 2.56. The second-order valence-corrected chi connectivity index (χ2v) is 3.35. The number of hydrogen-bond acceptors (Lipinski definition) is 1. The number of unbranched alkanes of at least 4 members (excludes halogenated alkanes) is 3. The van der Waals surface area contributed by atoms with Crippen LogP contribution in [0.1, 0.15) is 39.0 Å². The number of ketones is 1. The molecule has 0 radical (unpaired) electrons. The van der Waals surface area contributed by atoms with E-state index in [9.17, 15) is 4.79 Å². The van der Waals surface area contributed by atoms with Crippen LogP contribution in [0, 0.1) is 0 Å². The van der Waals surface area contributed by atoms with Crippen LogP contribution < -0.4 is 0 Å². The van der Waals surface area contributed by atoms with Crippen LogP contribution in [0.4, 0.5) is 0 Å². The van der Waals surface area contributed by atoms with Crippen LogP contribution in [0.2, 0.25) is 0 Å². The van der Waals surface area contributed by atoms with Crippen molar-refractivity contribution in [2.45, 2.75) is 39.0 Å². The van der Waals surface area contributed by atoms with Crippen molar-refractivity contribution in [1.82, 2.24) is 0 Å². The van der Waals surface area contributed by atoms with Crippen LogP contribution in [-0.4, -0.2) is 11.1 Å². The van der Waals surface area contributed by atoms with Gasteiger partial charge in [0.15, 0.2) is 0 Å². The molecule has 0 aliphatic heterocycles. The molecule has 60 valence electrons. The Morgan fingerprint density at radius 1 is 1.20 bits per heavy atom. The molecule has 0 atom stereocenters. The quantitative estimate of drug-likeness (QED) is 0.483. The minimum absolute atomic E-state index is 0.318. The molecule has 0 heterocycles. The maximum atomic E-state index is 10.5. The monoisotopic (exact) mass is 206 g/mol. The van der Waals surface area contributed by atoms with Crippen molar-refractivity contribution >= 4 is 21.7 Å². The lowest BCUT2D eigenvalue weighted by molar-refractivity contribution is -0.117. The van der Waals surface area contributed by atoms with E-state index in [1.165, 1.54) is 19.3 Å². The summed E-state index contributed by atoms with van der Waals surface area (Å²) in [5.41, 5.74) is 0. The highest BCUT2D eigenvalue weighted by atomic mass is 79.9. The molecule has 0 bridgehead atoms. The molecule has 0 saturated carbocycles. The molecule has 0 fully saturated rings. The Labute approximate surface area is 71.3 Å². The van der Waals surface area contributed by atoms with Gasteiger partial charge in [0.25, 0.3) is 0 Å². The molecule has 0 unspecified atom stereocenters. The topological polar surface area (TPSA) is 17.1 Å². The van der Waals surface area contributed by atoms with E-state index >= 15 is 0 Å². The van der Waals surface area contributed by atoms with Crippen molar-refractivity contribution in [1.29, 1.82) is 0 Å². The summed E-state index contributed by atoms with van der Waals surface area (Å²) in [5.74, 6) is 0.318. The summed E-state index contributed by atoms with van der Waals surface area (Å²) in [4.78, 5) is 10.5. The number of rotatable bonds is 6. The van der Waals surface area contributed by atoms with Crippen molar-refractivity contribution in [2.75, 3.05) is 5.33 Å². The Morgan fingerprint density at radius 3 is 2.30 bits per heavy atom. The first-order valence-corrected chi connectivity index (χ1v) is 4.95. The first kappa shape index (κ1) is 10.2. The third-order valence-corrected chi connectivity index (χ3v) is 1.97. The van der Waals surface area contributed by atoms with Crippen molar-refractivity contribution in [3.63, 3.8) is 0 Å². The van der Waals surface area contributed by atoms with Gasteiger partial charge in [-0.2, -0.15) is 0 Å². The van der Waals surface area contributed by atoms with Gasteiger partial charge in [-0.15, -0.1) is 0 Å². The SMILES string of the molecule is CC(=O)CCCCCCBr. The highest BCUT2D eigenvalue weighted by molar-refractivity contribution is 9.09. The first-order chi connectivity index (χ1) is 4.77. The predicted octanol–water partition coefficient (Wildman–Crippen LogP) is 2.92. The molecule has 0 aliphatic carbocycles. The van der Waals surface area contributed by atoms with E-state index in [0.717, 1.165) is 18.2 Å². The fourth-order valence-corrected chi connectivity index (χ4v) is 1.22. The van der Waals surface area contributed by atoms with E-state index in [0.29, 0.717) is 5.78 Å². The molecule has 0 amide bonds. The zero-order chi connectivity index (χ0) is 7.82. The van der Waals surface area contributed by atoms with Crippen molar-refractivity contribution in [3.05, 3.63) is 0 Å². The highest BCUT2D eigenvalue weighted by Crippen LogP contribution is 2.04. The molecule has 0 aromatic rings. The van der Waals surface area contributed by atoms with Gasteiger partial charge < -0.3 is 4.79 Å². The van der Waals surface area contributed by atoms with Gasteiger partial charge in [-0.3, -0.25) is 0 Å². The predicted molar refractivity (Wildman–Crippen MR) is 47.6 cm³/mol. The summed E-state index contributed by atoms with van der Waals surface area (Å²) in [6.07, 6.45) is 5.52. The van der Waals surface area contributed by atoms with Gasteiger partial charge in [-0.25, -0.2) is 0 Å². The number of Topliss-reactive ketones (excluding diaryl/α,β-unsaturated/α-hetero) is 1. The van der Waals surface area contributed by atoms with Crippen LogP contribution in [0.3, 0.4) is 0 Å². The molecular weight excluding hydrogens is 192 g/mol. The smallest absolute Gasteiger partial charge is 0.129 e. The van der Waals surface area contributed by atoms with Gasteiger partial charge in [-0.1, -0.05) is 28.8 Å². The number of halogens is 1. The van der Waals surface area contributed by atoms with Crippen molar-refractivity contribution in [2.24, 2.45) is 0 Å². The van der Waals surface area contributed by atoms with E-state index in [-0.39, 0.29) is 0 Å². The molecule has 0 aliphatic rings. The Balaban J connectivity index is 2.84. The molecule has 10 heavy (non-hydrogen) atoms. The van der Waals surface area contributed by atoms with E-state index in [1.807, 2.05) is 0 Å². The second kappa shape index (κ2) is 7.26. The third-order valence-electron chi connectivity index (χ3n) is 1.41. The van der Waals surface area contributed by atoms with Gasteiger partial charge in [0, 0.05) is 11.8 Å². The lowest BCUT2D eigenvalue weighted by Gasteiger charge is -1.95. The molecular formula is C8H15BrO. The van der Waals surface area contributed by atoms with Gasteiger partial charge >= 0.3 is 0 Å². The maximum Gasteiger partial charge on any atom is 0.129 e. The van der Waals surface area contributed by atoms with Crippen LogP contribution in [0.15, 0.2) is 0 Å². The maximum absolute atomic E-state index is 10.5. The molecule has 0 aromatic heterocycles. The molecule has 0 spiro atoms. The minimum Gasteiger partial charge on any atom is -0.300 e. The Morgan fingerprint density at radius 2 is 1.80 bits per heavy atom.